The highest BCUT2D eigenvalue weighted by atomic mass is 16.8. The molecule has 0 aliphatic carbocycles. The number of rotatable bonds is 47. The van der Waals surface area contributed by atoms with E-state index in [1.807, 2.05) is 0 Å². The van der Waals surface area contributed by atoms with Crippen LogP contribution in [-0.2, 0) is 33.2 Å². The molecule has 3 rings (SSSR count). The molecule has 0 aromatic carbocycles. The van der Waals surface area contributed by atoms with Gasteiger partial charge in [0.2, 0.25) is 5.91 Å². The van der Waals surface area contributed by atoms with Crippen molar-refractivity contribution in [2.75, 3.05) is 26.4 Å². The Kier molecular flexibility index (Phi) is 43.0. The molecule has 0 aromatic heterocycles. The van der Waals surface area contributed by atoms with Gasteiger partial charge in [-0.05, 0) is 70.6 Å². The largest absolute Gasteiger partial charge is 0.394 e. The van der Waals surface area contributed by atoms with Crippen molar-refractivity contribution in [3.8, 4) is 0 Å². The number of unbranched alkanes of at least 4 members (excludes halogenated alkanes) is 17. The molecule has 3 heterocycles. The molecule has 12 N–H and O–H groups in total. The van der Waals surface area contributed by atoms with Gasteiger partial charge in [-0.2, -0.15) is 0 Å². The van der Waals surface area contributed by atoms with E-state index in [-0.39, 0.29) is 18.9 Å². The highest BCUT2D eigenvalue weighted by Gasteiger charge is 2.53. The highest BCUT2D eigenvalue weighted by molar-refractivity contribution is 5.76. The van der Waals surface area contributed by atoms with Crippen molar-refractivity contribution in [2.45, 2.75) is 298 Å². The van der Waals surface area contributed by atoms with E-state index in [1.165, 1.54) is 57.8 Å². The monoisotopic (exact) mass is 1210 g/mol. The van der Waals surface area contributed by atoms with Crippen LogP contribution in [-0.4, -0.2) is 193 Å². The van der Waals surface area contributed by atoms with Gasteiger partial charge in [0.25, 0.3) is 0 Å². The second-order valence-corrected chi connectivity index (χ2v) is 22.8. The summed E-state index contributed by atoms with van der Waals surface area (Å²) < 4.78 is 34.1. The topological polar surface area (TPSA) is 307 Å². The predicted octanol–water partition coefficient (Wildman–Crippen LogP) is 7.15. The molecule has 17 unspecified atom stereocenters. The fourth-order valence-corrected chi connectivity index (χ4v) is 10.5. The van der Waals surface area contributed by atoms with Gasteiger partial charge in [-0.1, -0.05) is 202 Å². The fraction of sp³-hybridized carbons (Fsp3) is 0.773. The number of aliphatic hydroxyl groups is 11. The molecule has 0 radical (unpaired) electrons. The second kappa shape index (κ2) is 47.9. The Morgan fingerprint density at radius 3 is 1.27 bits per heavy atom. The number of carbonyl (C=O) groups excluding carboxylic acids is 1. The first kappa shape index (κ1) is 76.2. The molecule has 19 heteroatoms. The molecule has 490 valence electrons. The molecular formula is C66H113NO18. The summed E-state index contributed by atoms with van der Waals surface area (Å²) in [6.45, 7) is 1.55. The third kappa shape index (κ3) is 30.8. The molecule has 0 aromatic rings. The maximum atomic E-state index is 13.3. The van der Waals surface area contributed by atoms with E-state index in [2.05, 4.69) is 104 Å². The maximum absolute atomic E-state index is 13.3. The van der Waals surface area contributed by atoms with Crippen LogP contribution in [0.5, 0.6) is 0 Å². The summed E-state index contributed by atoms with van der Waals surface area (Å²) >= 11 is 0. The van der Waals surface area contributed by atoms with E-state index in [9.17, 15) is 61.0 Å². The van der Waals surface area contributed by atoms with Gasteiger partial charge in [-0.15, -0.1) is 0 Å². The number of allylic oxidation sites excluding steroid dienone is 14. The van der Waals surface area contributed by atoms with E-state index >= 15 is 0 Å². The molecule has 85 heavy (non-hydrogen) atoms. The van der Waals surface area contributed by atoms with Crippen molar-refractivity contribution >= 4 is 5.91 Å². The molecule has 17 atom stereocenters. The first-order chi connectivity index (χ1) is 41.3. The number of carbonyl (C=O) groups is 1. The predicted molar refractivity (Wildman–Crippen MR) is 328 cm³/mol. The Labute approximate surface area is 508 Å². The SMILES string of the molecule is CC/C=C\C/C=C\C/C=C\C/C=C\C/C=C\C/C=C\C/C=C\CCCCCCCCCCCCCCCC(=O)NC(COC1OC(CO)C(OC2OC(CO)C(OC3OC(CO)C(O)C(O)C3O)C(O)C2O)C(O)C1O)C(O)CCCCCCC. The highest BCUT2D eigenvalue weighted by Crippen LogP contribution is 2.33. The van der Waals surface area contributed by atoms with Crippen molar-refractivity contribution in [1.82, 2.24) is 5.32 Å². The number of hydrogen-bond donors (Lipinski definition) is 12. The number of nitrogens with one attached hydrogen (secondary N) is 1. The van der Waals surface area contributed by atoms with Gasteiger partial charge in [0.1, 0.15) is 73.2 Å². The van der Waals surface area contributed by atoms with Crippen molar-refractivity contribution < 1.29 is 89.4 Å². The average Bonchev–Trinajstić information content (AvgIpc) is 2.21. The summed E-state index contributed by atoms with van der Waals surface area (Å²) in [5.41, 5.74) is 0. The summed E-state index contributed by atoms with van der Waals surface area (Å²) in [5.74, 6) is -0.256. The molecule has 1 amide bonds. The molecule has 0 saturated carbocycles. The lowest BCUT2D eigenvalue weighted by Crippen LogP contribution is -2.66. The Morgan fingerprint density at radius 1 is 0.435 bits per heavy atom. The third-order valence-electron chi connectivity index (χ3n) is 15.7. The van der Waals surface area contributed by atoms with E-state index < -0.39 is 124 Å². The first-order valence-corrected chi connectivity index (χ1v) is 32.3. The third-order valence-corrected chi connectivity index (χ3v) is 15.7. The average molecular weight is 1210 g/mol. The van der Waals surface area contributed by atoms with Gasteiger partial charge in [0, 0.05) is 6.42 Å². The van der Waals surface area contributed by atoms with Gasteiger partial charge < -0.3 is 89.9 Å². The van der Waals surface area contributed by atoms with Gasteiger partial charge in [-0.3, -0.25) is 4.79 Å². The minimum absolute atomic E-state index is 0.256. The zero-order chi connectivity index (χ0) is 61.9. The molecule has 3 saturated heterocycles. The van der Waals surface area contributed by atoms with E-state index in [0.717, 1.165) is 96.3 Å². The zero-order valence-corrected chi connectivity index (χ0v) is 51.3. The lowest BCUT2D eigenvalue weighted by molar-refractivity contribution is -0.379. The number of amides is 1. The van der Waals surface area contributed by atoms with Crippen LogP contribution in [0.15, 0.2) is 85.1 Å². The van der Waals surface area contributed by atoms with Crippen LogP contribution >= 0.6 is 0 Å². The molecule has 3 fully saturated rings. The summed E-state index contributed by atoms with van der Waals surface area (Å²) in [6, 6.07) is -0.888. The van der Waals surface area contributed by atoms with Crippen molar-refractivity contribution in [1.29, 1.82) is 0 Å². The van der Waals surface area contributed by atoms with Crippen LogP contribution in [0.4, 0.5) is 0 Å². The van der Waals surface area contributed by atoms with E-state index in [4.69, 9.17) is 28.4 Å². The van der Waals surface area contributed by atoms with Crippen LogP contribution in [0.25, 0.3) is 0 Å². The van der Waals surface area contributed by atoms with Gasteiger partial charge in [-0.25, -0.2) is 0 Å². The van der Waals surface area contributed by atoms with Crippen LogP contribution < -0.4 is 5.32 Å². The molecule has 3 aliphatic heterocycles. The molecule has 3 aliphatic rings. The molecular weight excluding hydrogens is 1090 g/mol. The number of hydrogen-bond acceptors (Lipinski definition) is 18. The van der Waals surface area contributed by atoms with E-state index in [1.54, 1.807) is 0 Å². The van der Waals surface area contributed by atoms with Gasteiger partial charge in [0.15, 0.2) is 18.9 Å². The summed E-state index contributed by atoms with van der Waals surface area (Å²) in [7, 11) is 0. The van der Waals surface area contributed by atoms with Gasteiger partial charge >= 0.3 is 0 Å². The number of aliphatic hydroxyl groups excluding tert-OH is 11. The minimum atomic E-state index is -1.97. The molecule has 19 nitrogen and oxygen atoms in total. The Morgan fingerprint density at radius 2 is 0.812 bits per heavy atom. The zero-order valence-electron chi connectivity index (χ0n) is 51.3. The summed E-state index contributed by atoms with van der Waals surface area (Å²) in [4.78, 5) is 13.3. The van der Waals surface area contributed by atoms with Crippen LogP contribution in [0.2, 0.25) is 0 Å². The van der Waals surface area contributed by atoms with Crippen LogP contribution in [0.3, 0.4) is 0 Å². The Balaban J connectivity index is 1.28. The smallest absolute Gasteiger partial charge is 0.220 e. The van der Waals surface area contributed by atoms with Gasteiger partial charge in [0.05, 0.1) is 38.6 Å². The second-order valence-electron chi connectivity index (χ2n) is 22.8. The first-order valence-electron chi connectivity index (χ1n) is 32.3. The Bertz CT molecular complexity index is 1880. The summed E-state index contributed by atoms with van der Waals surface area (Å²) in [6.07, 6.45) is 33.3. The summed E-state index contributed by atoms with van der Waals surface area (Å²) in [5, 5.41) is 120. The van der Waals surface area contributed by atoms with Crippen molar-refractivity contribution in [2.24, 2.45) is 0 Å². The van der Waals surface area contributed by atoms with Crippen LogP contribution in [0, 0.1) is 0 Å². The Hall–Kier alpha value is -3.03. The maximum Gasteiger partial charge on any atom is 0.220 e. The van der Waals surface area contributed by atoms with E-state index in [0.29, 0.717) is 19.3 Å². The lowest BCUT2D eigenvalue weighted by atomic mass is 9.96. The minimum Gasteiger partial charge on any atom is -0.394 e. The number of ether oxygens (including phenoxy) is 6. The standard InChI is InChI=1S/C66H113NO18/c1-3-5-7-9-10-11-12-13-14-15-16-17-18-19-20-21-22-23-24-25-26-27-28-29-30-31-32-33-34-35-36-37-38-40-42-44-54(72)67-49(50(71)43-41-39-8-6-4-2)48-80-64-60(78)57(75)62(52(46-69)82-64)85-66-61(79)58(76)63(53(47-70)83-66)84-65-59(77)56(74)55(73)51(45-68)81-65/h5,7,10-11,13-14,16-17,19-20,22-23,25-26,49-53,55-66,68-71,73-79H,3-4,6,8-9,12,15,18,21,24,27-48H2,1-2H3,(H,67,72)/b7-5-,11-10-,14-13-,17-16-,20-19-,23-22-,26-25-. The molecule has 0 spiro atoms. The molecule has 0 bridgehead atoms. The van der Waals surface area contributed by atoms with Crippen molar-refractivity contribution in [3.63, 3.8) is 0 Å². The normalized spacial score (nSPS) is 29.5. The van der Waals surface area contributed by atoms with Crippen molar-refractivity contribution in [3.05, 3.63) is 85.1 Å². The lowest BCUT2D eigenvalue weighted by Gasteiger charge is -2.48. The fourth-order valence-electron chi connectivity index (χ4n) is 10.5. The quantitative estimate of drug-likeness (QED) is 0.0213. The van der Waals surface area contributed by atoms with Crippen LogP contribution in [0.1, 0.15) is 194 Å².